The lowest BCUT2D eigenvalue weighted by atomic mass is 10.0. The summed E-state index contributed by atoms with van der Waals surface area (Å²) in [6.45, 7) is 11.0. The van der Waals surface area contributed by atoms with Crippen molar-refractivity contribution in [1.82, 2.24) is 26.1 Å². The minimum atomic E-state index is -4.72. The standard InChI is InChI=1S/C54H71N8O15P/c1-3-43-10-5-6-12-46(43)40-61(48-13-8-7-11-44(48)4-2)52(65)15-9-14-50(63)57-27-29-71-31-33-73-35-37-75-39-38-74-36-34-72-32-30-70-28-23-51(64)56-26-22-49-58-59-53(45-20-24-55-25-21-45)60-62(49)54(66)76-41-42-16-18-47(19-17-42)77-78(67,68)69/h4-8,10-13,16-21,24-25H,2-3,9,14-15,22-23,26-41H2,1H3,(H,56,64)(H,57,63)(H,59,60)(H2,67,68,69). The first-order valence-corrected chi connectivity index (χ1v) is 27.2. The molecule has 23 nitrogen and oxygen atoms in total. The number of anilines is 1. The number of aryl methyl sites for hydroxylation is 1. The Hall–Kier alpha value is -6.92. The molecule has 1 aromatic heterocycles. The summed E-state index contributed by atoms with van der Waals surface area (Å²) in [5.74, 6) is -0.0731. The maximum atomic E-state index is 13.6. The highest BCUT2D eigenvalue weighted by Gasteiger charge is 2.27. The van der Waals surface area contributed by atoms with Crippen molar-refractivity contribution in [3.8, 4) is 5.75 Å². The molecule has 0 saturated carbocycles. The summed E-state index contributed by atoms with van der Waals surface area (Å²) >= 11 is 0. The molecule has 422 valence electrons. The number of hydrogen-bond donors (Lipinski definition) is 5. The van der Waals surface area contributed by atoms with Gasteiger partial charge in [-0.1, -0.05) is 74.2 Å². The fraction of sp³-hybridized carbons (Fsp3) is 0.426. The molecule has 0 saturated heterocycles. The van der Waals surface area contributed by atoms with E-state index >= 15 is 0 Å². The first-order valence-electron chi connectivity index (χ1n) is 25.6. The number of phosphoric ester groups is 1. The maximum absolute atomic E-state index is 13.6. The number of amidine groups is 2. The molecule has 5 N–H and O–H groups in total. The number of nitrogens with one attached hydrogen (secondary N) is 3. The van der Waals surface area contributed by atoms with Crippen molar-refractivity contribution in [3.05, 3.63) is 132 Å². The average Bonchev–Trinajstić information content (AvgIpc) is 3.45. The predicted octanol–water partition coefficient (Wildman–Crippen LogP) is 5.49. The van der Waals surface area contributed by atoms with Crippen LogP contribution in [-0.2, 0) is 71.7 Å². The summed E-state index contributed by atoms with van der Waals surface area (Å²) in [7, 11) is -4.72. The van der Waals surface area contributed by atoms with Crippen LogP contribution in [0.1, 0.15) is 66.8 Å². The molecular weight excluding hydrogens is 1030 g/mol. The maximum Gasteiger partial charge on any atom is 0.524 e. The molecule has 2 heterocycles. The number of hydrazine groups is 1. The van der Waals surface area contributed by atoms with Gasteiger partial charge in [-0.2, -0.15) is 5.01 Å². The van der Waals surface area contributed by atoms with Gasteiger partial charge in [-0.25, -0.2) is 9.36 Å². The van der Waals surface area contributed by atoms with E-state index in [4.69, 9.17) is 42.9 Å². The molecule has 4 amide bonds. The third-order valence-electron chi connectivity index (χ3n) is 11.3. The number of pyridine rings is 1. The van der Waals surface area contributed by atoms with Gasteiger partial charge in [0.25, 0.3) is 0 Å². The van der Waals surface area contributed by atoms with Crippen LogP contribution in [0.15, 0.2) is 114 Å². The Bertz CT molecular complexity index is 2590. The largest absolute Gasteiger partial charge is 0.524 e. The molecule has 1 aliphatic rings. The fourth-order valence-electron chi connectivity index (χ4n) is 7.38. The van der Waals surface area contributed by atoms with Crippen LogP contribution in [0.5, 0.6) is 5.75 Å². The molecule has 1 aliphatic heterocycles. The molecule has 3 aromatic carbocycles. The Balaban J connectivity index is 0.807. The van der Waals surface area contributed by atoms with Gasteiger partial charge in [-0.15, -0.1) is 10.2 Å². The number of ether oxygens (including phenoxy) is 7. The summed E-state index contributed by atoms with van der Waals surface area (Å²) < 4.78 is 54.3. The molecule has 78 heavy (non-hydrogen) atoms. The van der Waals surface area contributed by atoms with Crippen LogP contribution in [0.4, 0.5) is 10.5 Å². The van der Waals surface area contributed by atoms with Crippen LogP contribution in [-0.4, -0.2) is 148 Å². The number of hydrogen-bond acceptors (Lipinski definition) is 17. The lowest BCUT2D eigenvalue weighted by Gasteiger charge is -2.27. The Labute approximate surface area is 454 Å². The van der Waals surface area contributed by atoms with E-state index < -0.39 is 13.9 Å². The SMILES string of the molecule is C=Cc1ccccc1N(Cc1ccccc1CC)C(=O)CCCC(=O)NCCOCCOCCOCCOCCOCCOCCC(=O)NCCC1=NN=C(c2ccncc2)NN1C(=O)OCc1ccc(OP(=O)(O)O)cc1. The lowest BCUT2D eigenvalue weighted by molar-refractivity contribution is -0.123. The molecule has 0 fully saturated rings. The zero-order valence-corrected chi connectivity index (χ0v) is 44.9. The van der Waals surface area contributed by atoms with Gasteiger partial charge in [0, 0.05) is 56.7 Å². The van der Waals surface area contributed by atoms with Crippen LogP contribution >= 0.6 is 7.82 Å². The normalized spacial score (nSPS) is 12.2. The third-order valence-corrected chi connectivity index (χ3v) is 11.8. The number of carbonyl (C=O) groups excluding carboxylic acids is 4. The van der Waals surface area contributed by atoms with E-state index in [2.05, 4.69) is 61.4 Å². The number of nitrogens with zero attached hydrogens (tertiary/aromatic N) is 5. The minimum absolute atomic E-state index is 0.0511. The number of phosphoric acid groups is 1. The van der Waals surface area contributed by atoms with Crippen molar-refractivity contribution in [1.29, 1.82) is 0 Å². The minimum Gasteiger partial charge on any atom is -0.443 e. The van der Waals surface area contributed by atoms with Crippen molar-refractivity contribution in [2.24, 2.45) is 10.2 Å². The molecule has 0 radical (unpaired) electrons. The highest BCUT2D eigenvalue weighted by Crippen LogP contribution is 2.37. The molecule has 0 unspecified atom stereocenters. The average molecular weight is 1100 g/mol. The monoisotopic (exact) mass is 1100 g/mol. The number of rotatable bonds is 38. The Kier molecular flexibility index (Phi) is 28.2. The van der Waals surface area contributed by atoms with Gasteiger partial charge in [0.2, 0.25) is 17.7 Å². The number of para-hydroxylation sites is 1. The second kappa shape index (κ2) is 35.5. The zero-order chi connectivity index (χ0) is 55.6. The smallest absolute Gasteiger partial charge is 0.443 e. The van der Waals surface area contributed by atoms with Crippen molar-refractivity contribution in [2.45, 2.75) is 58.6 Å². The van der Waals surface area contributed by atoms with Gasteiger partial charge in [-0.05, 0) is 65.4 Å². The zero-order valence-electron chi connectivity index (χ0n) is 44.0. The molecule has 4 aromatic rings. The topological polar surface area (TPSA) is 280 Å². The summed E-state index contributed by atoms with van der Waals surface area (Å²) in [4.78, 5) is 75.6. The summed E-state index contributed by atoms with van der Waals surface area (Å²) in [5, 5.41) is 15.1. The first kappa shape index (κ1) is 61.9. The lowest BCUT2D eigenvalue weighted by Crippen LogP contribution is -2.52. The number of benzene rings is 3. The third kappa shape index (κ3) is 23.8. The van der Waals surface area contributed by atoms with E-state index in [0.717, 1.165) is 28.2 Å². The number of amides is 4. The van der Waals surface area contributed by atoms with E-state index in [1.54, 1.807) is 35.5 Å². The van der Waals surface area contributed by atoms with Crippen LogP contribution in [0.2, 0.25) is 0 Å². The molecule has 0 spiro atoms. The second-order valence-corrected chi connectivity index (χ2v) is 18.2. The Morgan fingerprint density at radius 3 is 1.90 bits per heavy atom. The van der Waals surface area contributed by atoms with Crippen molar-refractivity contribution >= 4 is 55.1 Å². The van der Waals surface area contributed by atoms with Gasteiger partial charge in [0.1, 0.15) is 12.4 Å². The van der Waals surface area contributed by atoms with E-state index in [0.29, 0.717) is 96.7 Å². The Morgan fingerprint density at radius 1 is 0.692 bits per heavy atom. The highest BCUT2D eigenvalue weighted by molar-refractivity contribution is 7.46. The molecule has 5 rings (SSSR count). The van der Waals surface area contributed by atoms with Gasteiger partial charge in [0.15, 0.2) is 11.7 Å². The molecule has 0 aliphatic carbocycles. The van der Waals surface area contributed by atoms with Gasteiger partial charge in [0.05, 0.1) is 91.5 Å². The summed E-state index contributed by atoms with van der Waals surface area (Å²) in [6, 6.07) is 24.8. The van der Waals surface area contributed by atoms with E-state index in [9.17, 15) is 23.7 Å². The quantitative estimate of drug-likeness (QED) is 0.0274. The predicted molar refractivity (Wildman–Crippen MR) is 290 cm³/mol. The highest BCUT2D eigenvalue weighted by atomic mass is 31.2. The van der Waals surface area contributed by atoms with Crippen LogP contribution < -0.4 is 25.5 Å². The number of carbonyl (C=O) groups is 4. The Morgan fingerprint density at radius 2 is 1.27 bits per heavy atom. The van der Waals surface area contributed by atoms with Crippen LogP contribution in [0.3, 0.4) is 0 Å². The first-order chi connectivity index (χ1) is 37.9. The van der Waals surface area contributed by atoms with Crippen LogP contribution in [0.25, 0.3) is 6.08 Å². The number of aromatic nitrogens is 1. The van der Waals surface area contributed by atoms with Crippen molar-refractivity contribution < 1.29 is 71.2 Å². The molecule has 0 atom stereocenters. The molecule has 24 heteroatoms. The van der Waals surface area contributed by atoms with E-state index in [1.807, 2.05) is 36.4 Å². The van der Waals surface area contributed by atoms with Crippen molar-refractivity contribution in [2.75, 3.05) is 97.3 Å². The van der Waals surface area contributed by atoms with Gasteiger partial charge < -0.3 is 53.2 Å². The molecular formula is C54H71N8O15P. The van der Waals surface area contributed by atoms with Gasteiger partial charge >= 0.3 is 13.9 Å². The molecule has 0 bridgehead atoms. The van der Waals surface area contributed by atoms with Gasteiger partial charge in [-0.3, -0.25) is 34.6 Å². The fourth-order valence-corrected chi connectivity index (χ4v) is 7.78. The van der Waals surface area contributed by atoms with E-state index in [1.165, 1.54) is 29.8 Å². The summed E-state index contributed by atoms with van der Waals surface area (Å²) in [5.41, 5.74) is 7.98. The van der Waals surface area contributed by atoms with Crippen LogP contribution in [0, 0.1) is 0 Å². The van der Waals surface area contributed by atoms with Crippen molar-refractivity contribution in [3.63, 3.8) is 0 Å². The summed E-state index contributed by atoms with van der Waals surface area (Å²) in [6.07, 6.45) is 6.01. The second-order valence-electron chi connectivity index (χ2n) is 17.0. The van der Waals surface area contributed by atoms with E-state index in [-0.39, 0.29) is 87.2 Å².